The van der Waals surface area contributed by atoms with Gasteiger partial charge in [0.2, 0.25) is 0 Å². The molecule has 1 rings (SSSR count). The van der Waals surface area contributed by atoms with Crippen molar-refractivity contribution in [2.45, 2.75) is 6.61 Å². The highest BCUT2D eigenvalue weighted by Gasteiger charge is 1.98. The Bertz CT molecular complexity index is 316. The molecule has 1 aromatic rings. The SMILES string of the molecule is O=C(CNOCc1ccc(Cl)cc1)NO. The van der Waals surface area contributed by atoms with Crippen molar-refractivity contribution >= 4 is 17.5 Å². The van der Waals surface area contributed by atoms with Crippen molar-refractivity contribution in [3.05, 3.63) is 34.9 Å². The van der Waals surface area contributed by atoms with E-state index in [4.69, 9.17) is 21.6 Å². The van der Waals surface area contributed by atoms with Crippen LogP contribution in [0.25, 0.3) is 0 Å². The number of halogens is 1. The molecule has 1 amide bonds. The maximum atomic E-state index is 10.5. The summed E-state index contributed by atoms with van der Waals surface area (Å²) in [6.07, 6.45) is 0. The fourth-order valence-corrected chi connectivity index (χ4v) is 0.997. The van der Waals surface area contributed by atoms with E-state index in [1.165, 1.54) is 5.48 Å². The smallest absolute Gasteiger partial charge is 0.259 e. The molecule has 3 N–H and O–H groups in total. The molecule has 0 aliphatic rings. The molecule has 82 valence electrons. The van der Waals surface area contributed by atoms with E-state index in [0.717, 1.165) is 5.56 Å². The minimum atomic E-state index is -0.564. The molecule has 0 fully saturated rings. The zero-order valence-corrected chi connectivity index (χ0v) is 8.62. The molecule has 5 nitrogen and oxygen atoms in total. The normalized spacial score (nSPS) is 10.0. The largest absolute Gasteiger partial charge is 0.297 e. The van der Waals surface area contributed by atoms with E-state index < -0.39 is 5.91 Å². The zero-order valence-electron chi connectivity index (χ0n) is 7.87. The number of hydroxylamine groups is 2. The third-order valence-corrected chi connectivity index (χ3v) is 1.86. The first-order valence-corrected chi connectivity index (χ1v) is 4.62. The number of hydrogen-bond donors (Lipinski definition) is 3. The predicted molar refractivity (Wildman–Crippen MR) is 54.2 cm³/mol. The van der Waals surface area contributed by atoms with Crippen molar-refractivity contribution in [3.63, 3.8) is 0 Å². The van der Waals surface area contributed by atoms with Crippen molar-refractivity contribution in [3.8, 4) is 0 Å². The summed E-state index contributed by atoms with van der Waals surface area (Å²) in [5.41, 5.74) is 4.79. The fraction of sp³-hybridized carbons (Fsp3) is 0.222. The number of carbonyl (C=O) groups is 1. The van der Waals surface area contributed by atoms with Gasteiger partial charge in [-0.05, 0) is 17.7 Å². The standard InChI is InChI=1S/C9H11ClN2O3/c10-8-3-1-7(2-4-8)6-15-11-5-9(13)12-14/h1-4,11,14H,5-6H2,(H,12,13). The predicted octanol–water partition coefficient (Wildman–Crippen LogP) is 0.867. The van der Waals surface area contributed by atoms with Crippen molar-refractivity contribution in [1.29, 1.82) is 0 Å². The molecule has 0 unspecified atom stereocenters. The lowest BCUT2D eigenvalue weighted by Gasteiger charge is -2.04. The van der Waals surface area contributed by atoms with E-state index in [1.54, 1.807) is 12.1 Å². The number of amides is 1. The summed E-state index contributed by atoms with van der Waals surface area (Å²) in [6, 6.07) is 7.13. The lowest BCUT2D eigenvalue weighted by Crippen LogP contribution is -2.31. The number of rotatable bonds is 5. The molecule has 0 heterocycles. The van der Waals surface area contributed by atoms with Crippen LogP contribution in [0.15, 0.2) is 24.3 Å². The van der Waals surface area contributed by atoms with Crippen molar-refractivity contribution in [1.82, 2.24) is 11.0 Å². The topological polar surface area (TPSA) is 70.6 Å². The average Bonchev–Trinajstić information content (AvgIpc) is 2.26. The van der Waals surface area contributed by atoms with Crippen LogP contribution in [0.2, 0.25) is 5.02 Å². The van der Waals surface area contributed by atoms with Gasteiger partial charge >= 0.3 is 0 Å². The molecule has 6 heteroatoms. The van der Waals surface area contributed by atoms with E-state index in [2.05, 4.69) is 5.48 Å². The van der Waals surface area contributed by atoms with Crippen LogP contribution in [0.3, 0.4) is 0 Å². The van der Waals surface area contributed by atoms with Crippen LogP contribution in [-0.2, 0) is 16.2 Å². The number of carbonyl (C=O) groups excluding carboxylic acids is 1. The Kier molecular flexibility index (Phi) is 5.06. The second kappa shape index (κ2) is 6.36. The summed E-state index contributed by atoms with van der Waals surface area (Å²) in [6.45, 7) is 0.208. The molecule has 0 saturated heterocycles. The molecule has 0 saturated carbocycles. The van der Waals surface area contributed by atoms with Gasteiger partial charge in [-0.1, -0.05) is 23.7 Å². The highest BCUT2D eigenvalue weighted by molar-refractivity contribution is 6.30. The Labute approximate surface area is 91.9 Å². The summed E-state index contributed by atoms with van der Waals surface area (Å²) < 4.78 is 0. The maximum Gasteiger partial charge on any atom is 0.259 e. The first-order valence-electron chi connectivity index (χ1n) is 4.24. The van der Waals surface area contributed by atoms with E-state index in [9.17, 15) is 4.79 Å². The zero-order chi connectivity index (χ0) is 11.1. The molecule has 0 atom stereocenters. The van der Waals surface area contributed by atoms with Gasteiger partial charge in [0.1, 0.15) is 6.54 Å². The minimum absolute atomic E-state index is 0.107. The maximum absolute atomic E-state index is 10.5. The van der Waals surface area contributed by atoms with Crippen LogP contribution in [0, 0.1) is 0 Å². The highest BCUT2D eigenvalue weighted by Crippen LogP contribution is 2.09. The average molecular weight is 231 g/mol. The summed E-state index contributed by atoms with van der Waals surface area (Å²) >= 11 is 5.70. The number of nitrogens with one attached hydrogen (secondary N) is 2. The second-order valence-electron chi connectivity index (χ2n) is 2.77. The van der Waals surface area contributed by atoms with E-state index in [1.807, 2.05) is 12.1 Å². The van der Waals surface area contributed by atoms with Gasteiger partial charge < -0.3 is 0 Å². The third kappa shape index (κ3) is 4.75. The fourth-order valence-electron chi connectivity index (χ4n) is 0.871. The van der Waals surface area contributed by atoms with Crippen molar-refractivity contribution in [2.75, 3.05) is 6.54 Å². The molecule has 0 bridgehead atoms. The van der Waals surface area contributed by atoms with E-state index >= 15 is 0 Å². The van der Waals surface area contributed by atoms with E-state index in [0.29, 0.717) is 11.6 Å². The lowest BCUT2D eigenvalue weighted by atomic mass is 10.2. The number of benzene rings is 1. The van der Waals surface area contributed by atoms with Crippen LogP contribution in [0.1, 0.15) is 5.56 Å². The van der Waals surface area contributed by atoms with Crippen molar-refractivity contribution in [2.24, 2.45) is 0 Å². The summed E-state index contributed by atoms with van der Waals surface area (Å²) in [5, 5.41) is 8.83. The van der Waals surface area contributed by atoms with Crippen LogP contribution >= 0.6 is 11.6 Å². The molecule has 0 radical (unpaired) electrons. The van der Waals surface area contributed by atoms with Gasteiger partial charge in [0.15, 0.2) is 0 Å². The first kappa shape index (κ1) is 11.9. The third-order valence-electron chi connectivity index (χ3n) is 1.61. The molecule has 1 aromatic carbocycles. The van der Waals surface area contributed by atoms with Gasteiger partial charge in [-0.15, -0.1) is 0 Å². The summed E-state index contributed by atoms with van der Waals surface area (Å²) in [5.74, 6) is -0.564. The molecule has 0 aliphatic heterocycles. The molecule has 15 heavy (non-hydrogen) atoms. The van der Waals surface area contributed by atoms with Gasteiger partial charge in [0, 0.05) is 5.02 Å². The van der Waals surface area contributed by atoms with Crippen LogP contribution in [-0.4, -0.2) is 17.7 Å². The van der Waals surface area contributed by atoms with E-state index in [-0.39, 0.29) is 6.54 Å². The van der Waals surface area contributed by atoms with Gasteiger partial charge in [0.05, 0.1) is 6.61 Å². The lowest BCUT2D eigenvalue weighted by molar-refractivity contribution is -0.131. The Morgan fingerprint density at radius 1 is 1.40 bits per heavy atom. The quantitative estimate of drug-likeness (QED) is 0.399. The Morgan fingerprint density at radius 3 is 2.67 bits per heavy atom. The minimum Gasteiger partial charge on any atom is -0.297 e. The Balaban J connectivity index is 2.20. The van der Waals surface area contributed by atoms with Crippen LogP contribution in [0.4, 0.5) is 0 Å². The number of hydrogen-bond acceptors (Lipinski definition) is 4. The Hall–Kier alpha value is -1.14. The molecule has 0 aliphatic carbocycles. The van der Waals surface area contributed by atoms with Crippen molar-refractivity contribution < 1.29 is 14.8 Å². The molecule has 0 aromatic heterocycles. The molecule has 0 spiro atoms. The van der Waals surface area contributed by atoms with Crippen LogP contribution in [0.5, 0.6) is 0 Å². The first-order chi connectivity index (χ1) is 7.22. The van der Waals surface area contributed by atoms with Gasteiger partial charge in [-0.3, -0.25) is 14.8 Å². The second-order valence-corrected chi connectivity index (χ2v) is 3.21. The summed E-state index contributed by atoms with van der Waals surface area (Å²) in [7, 11) is 0. The highest BCUT2D eigenvalue weighted by atomic mass is 35.5. The van der Waals surface area contributed by atoms with Gasteiger partial charge in [0.25, 0.3) is 5.91 Å². The molecular formula is C9H11ClN2O3. The van der Waals surface area contributed by atoms with Gasteiger partial charge in [-0.2, -0.15) is 5.48 Å². The van der Waals surface area contributed by atoms with Crippen LogP contribution < -0.4 is 11.0 Å². The summed E-state index contributed by atoms with van der Waals surface area (Å²) in [4.78, 5) is 15.5. The Morgan fingerprint density at radius 2 is 2.07 bits per heavy atom. The molecular weight excluding hydrogens is 220 g/mol. The monoisotopic (exact) mass is 230 g/mol. The van der Waals surface area contributed by atoms with Gasteiger partial charge in [-0.25, -0.2) is 5.48 Å².